The third-order valence-electron chi connectivity index (χ3n) is 4.24. The number of benzene rings is 2. The summed E-state index contributed by atoms with van der Waals surface area (Å²) < 4.78 is 10.7. The topological polar surface area (TPSA) is 68.3 Å². The molecule has 6 nitrogen and oxygen atoms in total. The second kappa shape index (κ2) is 7.31. The molecule has 1 aliphatic rings. The fourth-order valence-electron chi connectivity index (χ4n) is 2.82. The molecule has 1 aromatic heterocycles. The number of nitrogens with one attached hydrogen (secondary N) is 2. The zero-order valence-electron chi connectivity index (χ0n) is 14.5. The van der Waals surface area contributed by atoms with Crippen LogP contribution >= 0.6 is 0 Å². The predicted molar refractivity (Wildman–Crippen MR) is 100 cm³/mol. The second-order valence-corrected chi connectivity index (χ2v) is 6.11. The Morgan fingerprint density at radius 1 is 0.962 bits per heavy atom. The third kappa shape index (κ3) is 3.69. The van der Waals surface area contributed by atoms with Gasteiger partial charge in [0.15, 0.2) is 11.5 Å². The van der Waals surface area contributed by atoms with Crippen molar-refractivity contribution < 1.29 is 9.47 Å². The Kier molecular flexibility index (Phi) is 4.55. The van der Waals surface area contributed by atoms with Gasteiger partial charge >= 0.3 is 0 Å². The first-order chi connectivity index (χ1) is 12.8. The van der Waals surface area contributed by atoms with Gasteiger partial charge in [-0.25, -0.2) is 9.97 Å². The van der Waals surface area contributed by atoms with Gasteiger partial charge in [0, 0.05) is 18.7 Å². The quantitative estimate of drug-likeness (QED) is 0.702. The Morgan fingerprint density at radius 3 is 2.65 bits per heavy atom. The van der Waals surface area contributed by atoms with Gasteiger partial charge in [-0.2, -0.15) is 0 Å². The summed E-state index contributed by atoms with van der Waals surface area (Å²) in [6.45, 7) is 3.03. The molecule has 0 spiro atoms. The minimum absolute atomic E-state index is 0.160. The zero-order valence-corrected chi connectivity index (χ0v) is 14.5. The van der Waals surface area contributed by atoms with Gasteiger partial charge in [0.1, 0.15) is 18.0 Å². The van der Waals surface area contributed by atoms with E-state index >= 15 is 0 Å². The third-order valence-corrected chi connectivity index (χ3v) is 4.24. The molecule has 26 heavy (non-hydrogen) atoms. The second-order valence-electron chi connectivity index (χ2n) is 6.11. The Balaban J connectivity index is 1.39. The molecule has 0 amide bonds. The van der Waals surface area contributed by atoms with E-state index in [2.05, 4.69) is 39.7 Å². The highest BCUT2D eigenvalue weighted by molar-refractivity contribution is 5.49. The van der Waals surface area contributed by atoms with E-state index in [-0.39, 0.29) is 12.8 Å². The minimum Gasteiger partial charge on any atom is -0.454 e. The zero-order chi connectivity index (χ0) is 17.8. The number of hydrogen-bond acceptors (Lipinski definition) is 6. The lowest BCUT2D eigenvalue weighted by atomic mass is 10.1. The molecule has 0 aliphatic carbocycles. The number of fused-ring (bicyclic) bond motifs is 1. The number of rotatable bonds is 6. The number of hydrogen-bond donors (Lipinski definition) is 2. The molecule has 2 heterocycles. The van der Waals surface area contributed by atoms with Crippen LogP contribution < -0.4 is 20.1 Å². The normalized spacial score (nSPS) is 13.3. The highest BCUT2D eigenvalue weighted by Crippen LogP contribution is 2.32. The van der Waals surface area contributed by atoms with Crippen LogP contribution in [0.25, 0.3) is 0 Å². The minimum atomic E-state index is 0.160. The van der Waals surface area contributed by atoms with E-state index in [9.17, 15) is 0 Å². The number of ether oxygens (including phenoxy) is 2. The molecule has 0 fully saturated rings. The van der Waals surface area contributed by atoms with Gasteiger partial charge in [-0.15, -0.1) is 0 Å². The van der Waals surface area contributed by atoms with E-state index in [4.69, 9.17) is 9.47 Å². The maximum atomic E-state index is 5.41. The summed E-state index contributed by atoms with van der Waals surface area (Å²) in [7, 11) is 0. The fourth-order valence-corrected chi connectivity index (χ4v) is 2.82. The van der Waals surface area contributed by atoms with Gasteiger partial charge in [0.2, 0.25) is 6.79 Å². The summed E-state index contributed by atoms with van der Waals surface area (Å²) in [6.07, 6.45) is 1.56. The molecule has 0 saturated heterocycles. The van der Waals surface area contributed by atoms with Crippen molar-refractivity contribution in [2.75, 3.05) is 17.4 Å². The molecule has 0 radical (unpaired) electrons. The first-order valence-electron chi connectivity index (χ1n) is 8.54. The van der Waals surface area contributed by atoms with E-state index < -0.39 is 0 Å². The maximum absolute atomic E-state index is 5.41. The van der Waals surface area contributed by atoms with E-state index in [0.29, 0.717) is 6.54 Å². The number of anilines is 2. The van der Waals surface area contributed by atoms with E-state index in [1.54, 1.807) is 6.33 Å². The van der Waals surface area contributed by atoms with Gasteiger partial charge in [-0.05, 0) is 30.2 Å². The smallest absolute Gasteiger partial charge is 0.231 e. The molecule has 6 heteroatoms. The lowest BCUT2D eigenvalue weighted by molar-refractivity contribution is 0.174. The molecule has 1 unspecified atom stereocenters. The van der Waals surface area contributed by atoms with Crippen molar-refractivity contribution in [3.63, 3.8) is 0 Å². The molecule has 0 bridgehead atoms. The van der Waals surface area contributed by atoms with Gasteiger partial charge in [0.25, 0.3) is 0 Å². The monoisotopic (exact) mass is 348 g/mol. The van der Waals surface area contributed by atoms with Crippen LogP contribution in [0.3, 0.4) is 0 Å². The van der Waals surface area contributed by atoms with Crippen molar-refractivity contribution in [3.05, 3.63) is 72.1 Å². The largest absolute Gasteiger partial charge is 0.454 e. The summed E-state index contributed by atoms with van der Waals surface area (Å²) in [5, 5.41) is 6.72. The predicted octanol–water partition coefficient (Wildman–Crippen LogP) is 3.99. The van der Waals surface area contributed by atoms with Gasteiger partial charge in [-0.3, -0.25) is 0 Å². The Hall–Kier alpha value is -3.28. The van der Waals surface area contributed by atoms with Crippen molar-refractivity contribution in [1.29, 1.82) is 0 Å². The fraction of sp³-hybridized carbons (Fsp3) is 0.200. The summed E-state index contributed by atoms with van der Waals surface area (Å²) >= 11 is 0. The van der Waals surface area contributed by atoms with E-state index in [0.717, 1.165) is 28.7 Å². The van der Waals surface area contributed by atoms with Crippen LogP contribution in [0.15, 0.2) is 60.9 Å². The van der Waals surface area contributed by atoms with Crippen LogP contribution in [0.2, 0.25) is 0 Å². The molecule has 1 atom stereocenters. The summed E-state index contributed by atoms with van der Waals surface area (Å²) in [5.74, 6) is 3.12. The number of nitrogens with zero attached hydrogens (tertiary/aromatic N) is 2. The highest BCUT2D eigenvalue weighted by atomic mass is 16.7. The average Bonchev–Trinajstić information content (AvgIpc) is 3.15. The Labute approximate surface area is 152 Å². The first-order valence-corrected chi connectivity index (χ1v) is 8.54. The van der Waals surface area contributed by atoms with Crippen molar-refractivity contribution >= 4 is 11.6 Å². The first kappa shape index (κ1) is 16.2. The van der Waals surface area contributed by atoms with Gasteiger partial charge in [0.05, 0.1) is 0 Å². The molecular formula is C20H20N4O2. The van der Waals surface area contributed by atoms with Crippen molar-refractivity contribution in [2.24, 2.45) is 0 Å². The Morgan fingerprint density at radius 2 is 1.77 bits per heavy atom. The lowest BCUT2D eigenvalue weighted by Gasteiger charge is -2.15. The number of aromatic nitrogens is 2. The van der Waals surface area contributed by atoms with Crippen LogP contribution in [0.1, 0.15) is 24.1 Å². The standard InChI is InChI=1S/C20H20N4O2/c1-14(16-5-3-2-4-6-16)24-20-10-19(22-12-23-20)21-11-15-7-8-17-18(9-15)26-13-25-17/h2-10,12,14H,11,13H2,1H3,(H2,21,22,23,24). The molecule has 4 rings (SSSR count). The molecule has 1 aliphatic heterocycles. The van der Waals surface area contributed by atoms with Crippen molar-refractivity contribution in [3.8, 4) is 11.5 Å². The van der Waals surface area contributed by atoms with Crippen molar-refractivity contribution in [1.82, 2.24) is 9.97 Å². The van der Waals surface area contributed by atoms with Crippen LogP contribution in [-0.4, -0.2) is 16.8 Å². The molecule has 3 aromatic rings. The Bertz CT molecular complexity index is 886. The van der Waals surface area contributed by atoms with E-state index in [1.807, 2.05) is 42.5 Å². The lowest BCUT2D eigenvalue weighted by Crippen LogP contribution is -2.09. The summed E-state index contributed by atoms with van der Waals surface area (Å²) in [5.41, 5.74) is 2.31. The molecule has 2 N–H and O–H groups in total. The van der Waals surface area contributed by atoms with Crippen LogP contribution in [-0.2, 0) is 6.54 Å². The highest BCUT2D eigenvalue weighted by Gasteiger charge is 2.13. The average molecular weight is 348 g/mol. The van der Waals surface area contributed by atoms with Crippen molar-refractivity contribution in [2.45, 2.75) is 19.5 Å². The van der Waals surface area contributed by atoms with Gasteiger partial charge < -0.3 is 20.1 Å². The maximum Gasteiger partial charge on any atom is 0.231 e. The van der Waals surface area contributed by atoms with Crippen LogP contribution in [0.5, 0.6) is 11.5 Å². The molecular weight excluding hydrogens is 328 g/mol. The van der Waals surface area contributed by atoms with E-state index in [1.165, 1.54) is 5.56 Å². The summed E-state index contributed by atoms with van der Waals surface area (Å²) in [6, 6.07) is 18.3. The molecule has 2 aromatic carbocycles. The summed E-state index contributed by atoms with van der Waals surface area (Å²) in [4.78, 5) is 8.60. The SMILES string of the molecule is CC(Nc1cc(NCc2ccc3c(c2)OCO3)ncn1)c1ccccc1. The van der Waals surface area contributed by atoms with Crippen LogP contribution in [0.4, 0.5) is 11.6 Å². The molecule has 0 saturated carbocycles. The van der Waals surface area contributed by atoms with Crippen LogP contribution in [0, 0.1) is 0 Å². The van der Waals surface area contributed by atoms with Gasteiger partial charge in [-0.1, -0.05) is 36.4 Å². The molecule has 132 valence electrons.